The zero-order valence-corrected chi connectivity index (χ0v) is 8.01. The molecule has 0 bridgehead atoms. The summed E-state index contributed by atoms with van der Waals surface area (Å²) in [6, 6.07) is 0. The number of rotatable bonds is 2. The van der Waals surface area contributed by atoms with Crippen LogP contribution in [-0.4, -0.2) is 22.9 Å². The van der Waals surface area contributed by atoms with E-state index in [1.807, 2.05) is 0 Å². The van der Waals surface area contributed by atoms with E-state index in [0.29, 0.717) is 16.9 Å². The summed E-state index contributed by atoms with van der Waals surface area (Å²) in [5.74, 6) is 0.494. The van der Waals surface area contributed by atoms with Crippen LogP contribution in [0.25, 0.3) is 0 Å². The maximum Gasteiger partial charge on any atom is 0.412 e. The van der Waals surface area contributed by atoms with Gasteiger partial charge in [-0.25, -0.2) is 4.79 Å². The highest BCUT2D eigenvalue weighted by Crippen LogP contribution is 2.17. The minimum Gasteiger partial charge on any atom is -0.450 e. The predicted molar refractivity (Wildman–Crippen MR) is 46.9 cm³/mol. The second-order valence-corrected chi connectivity index (χ2v) is 2.79. The van der Waals surface area contributed by atoms with E-state index in [1.165, 1.54) is 0 Å². The Bertz CT molecular complexity index is 274. The van der Waals surface area contributed by atoms with Crippen molar-refractivity contribution in [1.82, 2.24) is 10.2 Å². The van der Waals surface area contributed by atoms with Crippen molar-refractivity contribution in [2.45, 2.75) is 6.92 Å². The van der Waals surface area contributed by atoms with Gasteiger partial charge in [0.1, 0.15) is 5.82 Å². The van der Waals surface area contributed by atoms with E-state index in [0.717, 1.165) is 0 Å². The second-order valence-electron chi connectivity index (χ2n) is 1.94. The van der Waals surface area contributed by atoms with Crippen molar-refractivity contribution < 1.29 is 9.53 Å². The van der Waals surface area contributed by atoms with Gasteiger partial charge in [-0.1, -0.05) is 0 Å². The summed E-state index contributed by atoms with van der Waals surface area (Å²) in [6.45, 7) is 2.08. The fourth-order valence-electron chi connectivity index (χ4n) is 0.628. The molecule has 0 atom stereocenters. The molecule has 2 N–H and O–H groups in total. The Labute approximate surface area is 77.6 Å². The Hall–Kier alpha value is -1.04. The summed E-state index contributed by atoms with van der Waals surface area (Å²) >= 11 is 3.18. The highest BCUT2D eigenvalue weighted by Gasteiger charge is 2.06. The maximum atomic E-state index is 10.9. The molecule has 1 aromatic rings. The number of nitrogens with one attached hydrogen (secondary N) is 2. The Balaban J connectivity index is 2.52. The Kier molecular flexibility index (Phi) is 3.09. The van der Waals surface area contributed by atoms with E-state index in [1.54, 1.807) is 13.1 Å². The molecule has 66 valence electrons. The molecule has 0 unspecified atom stereocenters. The van der Waals surface area contributed by atoms with Crippen molar-refractivity contribution in [2.24, 2.45) is 0 Å². The summed E-state index contributed by atoms with van der Waals surface area (Å²) in [7, 11) is 0. The van der Waals surface area contributed by atoms with Crippen LogP contribution < -0.4 is 5.32 Å². The zero-order valence-electron chi connectivity index (χ0n) is 6.43. The lowest BCUT2D eigenvalue weighted by atomic mass is 10.6. The molecule has 0 aliphatic heterocycles. The predicted octanol–water partition coefficient (Wildman–Crippen LogP) is 1.74. The van der Waals surface area contributed by atoms with Crippen LogP contribution in [0, 0.1) is 0 Å². The molecule has 0 radical (unpaired) electrons. The number of hydrogen-bond donors (Lipinski definition) is 2. The van der Waals surface area contributed by atoms with Crippen LogP contribution in [0.15, 0.2) is 10.7 Å². The topological polar surface area (TPSA) is 67.0 Å². The standard InChI is InChI=1S/C6H8BrN3O2/c1-2-12-6(11)9-5-4(7)3-8-10-5/h3H,2H2,1H3,(H2,8,9,10,11). The monoisotopic (exact) mass is 233 g/mol. The first kappa shape index (κ1) is 9.05. The Morgan fingerprint density at radius 3 is 3.17 bits per heavy atom. The Morgan fingerprint density at radius 2 is 2.67 bits per heavy atom. The number of carbonyl (C=O) groups excluding carboxylic acids is 1. The van der Waals surface area contributed by atoms with Gasteiger partial charge in [-0.15, -0.1) is 0 Å². The van der Waals surface area contributed by atoms with Gasteiger partial charge in [-0.2, -0.15) is 5.10 Å². The first-order chi connectivity index (χ1) is 5.74. The summed E-state index contributed by atoms with van der Waals surface area (Å²) in [5.41, 5.74) is 0. The molecule has 12 heavy (non-hydrogen) atoms. The summed E-state index contributed by atoms with van der Waals surface area (Å²) in [4.78, 5) is 10.9. The second kappa shape index (κ2) is 4.10. The lowest BCUT2D eigenvalue weighted by Crippen LogP contribution is -2.13. The normalized spacial score (nSPS) is 9.50. The van der Waals surface area contributed by atoms with Crippen LogP contribution in [0.3, 0.4) is 0 Å². The van der Waals surface area contributed by atoms with E-state index < -0.39 is 6.09 Å². The van der Waals surface area contributed by atoms with E-state index in [-0.39, 0.29) is 0 Å². The smallest absolute Gasteiger partial charge is 0.412 e. The van der Waals surface area contributed by atoms with Gasteiger partial charge in [-0.3, -0.25) is 10.4 Å². The fraction of sp³-hybridized carbons (Fsp3) is 0.333. The molecule has 0 saturated heterocycles. The van der Waals surface area contributed by atoms with E-state index in [9.17, 15) is 4.79 Å². The number of ether oxygens (including phenoxy) is 1. The van der Waals surface area contributed by atoms with Gasteiger partial charge < -0.3 is 4.74 Å². The van der Waals surface area contributed by atoms with Gasteiger partial charge in [0, 0.05) is 0 Å². The van der Waals surface area contributed by atoms with Gasteiger partial charge >= 0.3 is 6.09 Å². The number of nitrogens with zero attached hydrogens (tertiary/aromatic N) is 1. The summed E-state index contributed by atoms with van der Waals surface area (Å²) in [5, 5.41) is 8.74. The van der Waals surface area contributed by atoms with Crippen LogP contribution in [0.4, 0.5) is 10.6 Å². The van der Waals surface area contributed by atoms with E-state index in [4.69, 9.17) is 0 Å². The zero-order chi connectivity index (χ0) is 8.97. The van der Waals surface area contributed by atoms with Crippen LogP contribution in [-0.2, 0) is 4.74 Å². The van der Waals surface area contributed by atoms with Crippen molar-refractivity contribution in [1.29, 1.82) is 0 Å². The SMILES string of the molecule is CCOC(=O)Nc1[nH]ncc1Br. The molecule has 0 fully saturated rings. The fourth-order valence-corrected chi connectivity index (χ4v) is 0.919. The van der Waals surface area contributed by atoms with Gasteiger partial charge in [0.05, 0.1) is 17.3 Å². The maximum absolute atomic E-state index is 10.9. The van der Waals surface area contributed by atoms with Gasteiger partial charge in [-0.05, 0) is 22.9 Å². The summed E-state index contributed by atoms with van der Waals surface area (Å²) in [6.07, 6.45) is 1.05. The third-order valence-corrected chi connectivity index (χ3v) is 1.70. The van der Waals surface area contributed by atoms with Crippen LogP contribution in [0.2, 0.25) is 0 Å². The van der Waals surface area contributed by atoms with Crippen LogP contribution in [0.1, 0.15) is 6.92 Å². The molecule has 6 heteroatoms. The quantitative estimate of drug-likeness (QED) is 0.818. The first-order valence-corrected chi connectivity index (χ1v) is 4.16. The van der Waals surface area contributed by atoms with Gasteiger partial charge in [0.25, 0.3) is 0 Å². The molecular formula is C6H8BrN3O2. The van der Waals surface area contributed by atoms with Crippen molar-refractivity contribution in [3.05, 3.63) is 10.7 Å². The van der Waals surface area contributed by atoms with Crippen LogP contribution >= 0.6 is 15.9 Å². The number of hydrogen-bond acceptors (Lipinski definition) is 3. The lowest BCUT2D eigenvalue weighted by molar-refractivity contribution is 0.168. The van der Waals surface area contributed by atoms with E-state index >= 15 is 0 Å². The average Bonchev–Trinajstić information content (AvgIpc) is 2.37. The molecule has 1 heterocycles. The lowest BCUT2D eigenvalue weighted by Gasteiger charge is -2.01. The number of carbonyl (C=O) groups is 1. The minimum atomic E-state index is -0.498. The first-order valence-electron chi connectivity index (χ1n) is 3.36. The highest BCUT2D eigenvalue weighted by atomic mass is 79.9. The summed E-state index contributed by atoms with van der Waals surface area (Å²) < 4.78 is 5.34. The van der Waals surface area contributed by atoms with Gasteiger partial charge in [0.15, 0.2) is 0 Å². The third-order valence-electron chi connectivity index (χ3n) is 1.10. The van der Waals surface area contributed by atoms with Crippen molar-refractivity contribution in [3.63, 3.8) is 0 Å². The number of amides is 1. The average molecular weight is 234 g/mol. The largest absolute Gasteiger partial charge is 0.450 e. The molecule has 1 aromatic heterocycles. The molecule has 1 amide bonds. The van der Waals surface area contributed by atoms with Crippen molar-refractivity contribution in [3.8, 4) is 0 Å². The molecule has 0 aliphatic carbocycles. The minimum absolute atomic E-state index is 0.345. The number of anilines is 1. The number of H-pyrrole nitrogens is 1. The highest BCUT2D eigenvalue weighted by molar-refractivity contribution is 9.10. The van der Waals surface area contributed by atoms with Crippen LogP contribution in [0.5, 0.6) is 0 Å². The third kappa shape index (κ3) is 2.23. The molecule has 5 nitrogen and oxygen atoms in total. The number of aromatic amines is 1. The molecular weight excluding hydrogens is 226 g/mol. The van der Waals surface area contributed by atoms with Gasteiger partial charge in [0.2, 0.25) is 0 Å². The number of halogens is 1. The number of aromatic nitrogens is 2. The molecule has 0 aliphatic rings. The molecule has 0 aromatic carbocycles. The molecule has 0 saturated carbocycles. The Morgan fingerprint density at radius 1 is 1.92 bits per heavy atom. The van der Waals surface area contributed by atoms with E-state index in [2.05, 4.69) is 36.2 Å². The van der Waals surface area contributed by atoms with Crippen molar-refractivity contribution in [2.75, 3.05) is 11.9 Å². The molecule has 1 rings (SSSR count). The van der Waals surface area contributed by atoms with Crippen molar-refractivity contribution >= 4 is 27.8 Å². The molecule has 0 spiro atoms.